The molecule has 1 aromatic heterocycles. The van der Waals surface area contributed by atoms with E-state index in [9.17, 15) is 9.18 Å². The van der Waals surface area contributed by atoms with Gasteiger partial charge in [-0.25, -0.2) is 4.39 Å². The Balaban J connectivity index is 1.44. The number of carbonyl (C=O) groups is 1. The first-order valence-corrected chi connectivity index (χ1v) is 10.6. The summed E-state index contributed by atoms with van der Waals surface area (Å²) in [6.07, 6.45) is 4.30. The number of halogens is 1. The third-order valence-corrected chi connectivity index (χ3v) is 5.83. The molecule has 0 radical (unpaired) electrons. The number of anilines is 2. The van der Waals surface area contributed by atoms with Crippen molar-refractivity contribution in [2.24, 2.45) is 0 Å². The minimum absolute atomic E-state index is 0.223. The van der Waals surface area contributed by atoms with Crippen LogP contribution in [0.5, 0.6) is 11.5 Å². The molecule has 0 N–H and O–H groups in total. The second kappa shape index (κ2) is 9.36. The summed E-state index contributed by atoms with van der Waals surface area (Å²) in [6.45, 7) is 1.62. The zero-order valence-electron chi connectivity index (χ0n) is 18.5. The number of hydrogen-bond acceptors (Lipinski definition) is 5. The van der Waals surface area contributed by atoms with E-state index < -0.39 is 0 Å². The summed E-state index contributed by atoms with van der Waals surface area (Å²) in [5, 5.41) is 0. The Morgan fingerprint density at radius 1 is 1.09 bits per heavy atom. The number of hydrogen-bond donors (Lipinski definition) is 0. The minimum Gasteiger partial charge on any atom is -0.456 e. The molecule has 0 bridgehead atoms. The van der Waals surface area contributed by atoms with Crippen molar-refractivity contribution in [2.45, 2.75) is 12.5 Å². The Labute approximate surface area is 187 Å². The van der Waals surface area contributed by atoms with E-state index in [4.69, 9.17) is 4.74 Å². The highest BCUT2D eigenvalue weighted by Crippen LogP contribution is 2.29. The summed E-state index contributed by atoms with van der Waals surface area (Å²) in [4.78, 5) is 22.6. The van der Waals surface area contributed by atoms with Gasteiger partial charge in [-0.05, 0) is 75.1 Å². The fraction of sp³-hybridized carbons (Fsp3) is 0.280. The van der Waals surface area contributed by atoms with Crippen molar-refractivity contribution in [2.75, 3.05) is 44.0 Å². The molecule has 0 aliphatic carbocycles. The molecule has 2 aromatic carbocycles. The molecule has 7 heteroatoms. The van der Waals surface area contributed by atoms with Crippen LogP contribution in [0.1, 0.15) is 16.8 Å². The Bertz CT molecular complexity index is 1070. The maximum absolute atomic E-state index is 14.9. The first kappa shape index (κ1) is 21.8. The SMILES string of the molecule is CN(C(=O)c1ccc(Oc2cccnc2)cc1)c1ccc(N2CCC(N(C)C)C2)c(F)c1. The number of benzene rings is 2. The lowest BCUT2D eigenvalue weighted by atomic mass is 10.1. The molecule has 1 amide bonds. The summed E-state index contributed by atoms with van der Waals surface area (Å²) in [7, 11) is 5.74. The van der Waals surface area contributed by atoms with E-state index in [-0.39, 0.29) is 11.7 Å². The Morgan fingerprint density at radius 3 is 2.50 bits per heavy atom. The number of likely N-dealkylation sites (N-methyl/N-ethyl adjacent to an activating group) is 1. The lowest BCUT2D eigenvalue weighted by Crippen LogP contribution is -2.31. The highest BCUT2D eigenvalue weighted by Gasteiger charge is 2.26. The predicted octanol–water partition coefficient (Wildman–Crippen LogP) is 4.43. The molecule has 1 fully saturated rings. The van der Waals surface area contributed by atoms with Crippen LogP contribution in [0.2, 0.25) is 0 Å². The van der Waals surface area contributed by atoms with Crippen molar-refractivity contribution >= 4 is 17.3 Å². The molecular formula is C25H27FN4O2. The average molecular weight is 435 g/mol. The standard InChI is InChI=1S/C25H27FN4O2/c1-28(2)20-12-14-30(17-20)24-11-8-19(15-23(24)26)29(3)25(31)18-6-9-21(10-7-18)32-22-5-4-13-27-16-22/h4-11,13,15-16,20H,12,14,17H2,1-3H3. The normalized spacial score (nSPS) is 15.8. The van der Waals surface area contributed by atoms with Crippen molar-refractivity contribution in [3.8, 4) is 11.5 Å². The third kappa shape index (κ3) is 4.73. The second-order valence-electron chi connectivity index (χ2n) is 8.17. The van der Waals surface area contributed by atoms with E-state index in [1.165, 1.54) is 11.0 Å². The molecule has 2 heterocycles. The molecule has 166 valence electrons. The van der Waals surface area contributed by atoms with Crippen LogP contribution in [0.4, 0.5) is 15.8 Å². The molecule has 1 atom stereocenters. The zero-order chi connectivity index (χ0) is 22.7. The third-order valence-electron chi connectivity index (χ3n) is 5.83. The quantitative estimate of drug-likeness (QED) is 0.575. The smallest absolute Gasteiger partial charge is 0.258 e. The van der Waals surface area contributed by atoms with Gasteiger partial charge in [-0.1, -0.05) is 0 Å². The number of amides is 1. The fourth-order valence-corrected chi connectivity index (χ4v) is 3.86. The Morgan fingerprint density at radius 2 is 1.88 bits per heavy atom. The van der Waals surface area contributed by atoms with Crippen molar-refractivity contribution in [1.82, 2.24) is 9.88 Å². The second-order valence-corrected chi connectivity index (χ2v) is 8.17. The van der Waals surface area contributed by atoms with Crippen LogP contribution in [0, 0.1) is 5.82 Å². The number of rotatable bonds is 6. The zero-order valence-corrected chi connectivity index (χ0v) is 18.5. The topological polar surface area (TPSA) is 48.9 Å². The summed E-state index contributed by atoms with van der Waals surface area (Å²) in [6, 6.07) is 15.8. The van der Waals surface area contributed by atoms with Gasteiger partial charge in [-0.15, -0.1) is 0 Å². The predicted molar refractivity (Wildman–Crippen MR) is 124 cm³/mol. The van der Waals surface area contributed by atoms with Gasteiger partial charge < -0.3 is 19.4 Å². The summed E-state index contributed by atoms with van der Waals surface area (Å²) in [5.41, 5.74) is 1.58. The van der Waals surface area contributed by atoms with E-state index in [1.54, 1.807) is 68.0 Å². The summed E-state index contributed by atoms with van der Waals surface area (Å²) in [5.74, 6) is 0.684. The Kier molecular flexibility index (Phi) is 6.37. The number of aromatic nitrogens is 1. The maximum Gasteiger partial charge on any atom is 0.258 e. The van der Waals surface area contributed by atoms with Crippen molar-refractivity contribution < 1.29 is 13.9 Å². The van der Waals surface area contributed by atoms with Crippen LogP contribution in [0.3, 0.4) is 0 Å². The van der Waals surface area contributed by atoms with Crippen molar-refractivity contribution in [3.05, 3.63) is 78.4 Å². The lowest BCUT2D eigenvalue weighted by molar-refractivity contribution is 0.0993. The molecule has 6 nitrogen and oxygen atoms in total. The largest absolute Gasteiger partial charge is 0.456 e. The van der Waals surface area contributed by atoms with E-state index in [0.717, 1.165) is 19.5 Å². The van der Waals surface area contributed by atoms with E-state index in [1.807, 2.05) is 14.1 Å². The van der Waals surface area contributed by atoms with Gasteiger partial charge in [0.05, 0.1) is 11.9 Å². The van der Waals surface area contributed by atoms with Gasteiger partial charge >= 0.3 is 0 Å². The molecule has 4 rings (SSSR count). The highest BCUT2D eigenvalue weighted by molar-refractivity contribution is 6.05. The molecule has 1 aliphatic rings. The minimum atomic E-state index is -0.318. The molecule has 0 saturated carbocycles. The molecule has 32 heavy (non-hydrogen) atoms. The fourth-order valence-electron chi connectivity index (χ4n) is 3.86. The lowest BCUT2D eigenvalue weighted by Gasteiger charge is -2.23. The van der Waals surface area contributed by atoms with Crippen LogP contribution in [0.15, 0.2) is 67.0 Å². The molecular weight excluding hydrogens is 407 g/mol. The maximum atomic E-state index is 14.9. The molecule has 0 spiro atoms. The number of carbonyl (C=O) groups excluding carboxylic acids is 1. The number of ether oxygens (including phenoxy) is 1. The van der Waals surface area contributed by atoms with Gasteiger partial charge in [-0.2, -0.15) is 0 Å². The first-order valence-electron chi connectivity index (χ1n) is 10.6. The van der Waals surface area contributed by atoms with E-state index >= 15 is 0 Å². The first-order chi connectivity index (χ1) is 15.4. The molecule has 1 aliphatic heterocycles. The van der Waals surface area contributed by atoms with Gasteiger partial charge in [0.1, 0.15) is 17.3 Å². The van der Waals surface area contributed by atoms with Crippen LogP contribution in [0.25, 0.3) is 0 Å². The van der Waals surface area contributed by atoms with Crippen molar-refractivity contribution in [3.63, 3.8) is 0 Å². The average Bonchev–Trinajstić information content (AvgIpc) is 3.30. The van der Waals surface area contributed by atoms with Crippen molar-refractivity contribution in [1.29, 1.82) is 0 Å². The van der Waals surface area contributed by atoms with Crippen LogP contribution < -0.4 is 14.5 Å². The van der Waals surface area contributed by atoms with Gasteiger partial charge in [0.2, 0.25) is 0 Å². The Hall–Kier alpha value is -3.45. The van der Waals surface area contributed by atoms with E-state index in [2.05, 4.69) is 14.8 Å². The van der Waals surface area contributed by atoms with Crippen LogP contribution in [-0.2, 0) is 0 Å². The van der Waals surface area contributed by atoms with E-state index in [0.29, 0.717) is 34.5 Å². The molecule has 1 saturated heterocycles. The number of nitrogens with zero attached hydrogens (tertiary/aromatic N) is 4. The van der Waals surface area contributed by atoms with Crippen LogP contribution >= 0.6 is 0 Å². The van der Waals surface area contributed by atoms with Gasteiger partial charge in [-0.3, -0.25) is 9.78 Å². The van der Waals surface area contributed by atoms with Gasteiger partial charge in [0.25, 0.3) is 5.91 Å². The number of pyridine rings is 1. The van der Waals surface area contributed by atoms with Gasteiger partial charge in [0.15, 0.2) is 0 Å². The molecule has 1 unspecified atom stereocenters. The summed E-state index contributed by atoms with van der Waals surface area (Å²) >= 11 is 0. The molecule has 3 aromatic rings. The monoisotopic (exact) mass is 434 g/mol. The van der Waals surface area contributed by atoms with Crippen LogP contribution in [-0.4, -0.2) is 56.1 Å². The summed E-state index contributed by atoms with van der Waals surface area (Å²) < 4.78 is 20.6. The van der Waals surface area contributed by atoms with Gasteiger partial charge in [0, 0.05) is 43.6 Å². The highest BCUT2D eigenvalue weighted by atomic mass is 19.1.